The van der Waals surface area contributed by atoms with Crippen LogP contribution in [0.4, 0.5) is 5.69 Å². The molecule has 7 heteroatoms. The zero-order chi connectivity index (χ0) is 24.2. The molecule has 3 aromatic rings. The van der Waals surface area contributed by atoms with Gasteiger partial charge in [0.25, 0.3) is 11.7 Å². The third kappa shape index (κ3) is 7.59. The molecule has 0 spiro atoms. The van der Waals surface area contributed by atoms with E-state index < -0.39 is 11.7 Å². The summed E-state index contributed by atoms with van der Waals surface area (Å²) in [6.45, 7) is 3.01. The van der Waals surface area contributed by atoms with E-state index in [1.54, 1.807) is 48.5 Å². The van der Waals surface area contributed by atoms with Crippen LogP contribution >= 0.6 is 11.6 Å². The van der Waals surface area contributed by atoms with Gasteiger partial charge in [-0.2, -0.15) is 0 Å². The SMILES string of the molecule is CCCCCCCOc1ccc(Cl)cc1COc1ccccc1NC(=O)C(=O)c1cccnc1. The van der Waals surface area contributed by atoms with E-state index in [0.717, 1.165) is 18.4 Å². The van der Waals surface area contributed by atoms with Crippen molar-refractivity contribution in [2.45, 2.75) is 45.6 Å². The fourth-order valence-corrected chi connectivity index (χ4v) is 3.54. The van der Waals surface area contributed by atoms with E-state index in [1.807, 2.05) is 6.07 Å². The van der Waals surface area contributed by atoms with Gasteiger partial charge >= 0.3 is 0 Å². The number of hydrogen-bond acceptors (Lipinski definition) is 5. The van der Waals surface area contributed by atoms with Crippen molar-refractivity contribution in [2.24, 2.45) is 0 Å². The minimum absolute atomic E-state index is 0.190. The molecule has 0 aliphatic carbocycles. The zero-order valence-electron chi connectivity index (χ0n) is 19.3. The first-order valence-electron chi connectivity index (χ1n) is 11.5. The molecule has 0 saturated heterocycles. The van der Waals surface area contributed by atoms with Crippen molar-refractivity contribution in [1.29, 1.82) is 0 Å². The molecule has 34 heavy (non-hydrogen) atoms. The van der Waals surface area contributed by atoms with Gasteiger partial charge in [0.2, 0.25) is 0 Å². The number of nitrogens with one attached hydrogen (secondary N) is 1. The highest BCUT2D eigenvalue weighted by atomic mass is 35.5. The van der Waals surface area contributed by atoms with Gasteiger partial charge < -0.3 is 14.8 Å². The Morgan fingerprint density at radius 3 is 2.56 bits per heavy atom. The molecular weight excluding hydrogens is 452 g/mol. The van der Waals surface area contributed by atoms with Gasteiger partial charge in [-0.05, 0) is 48.9 Å². The van der Waals surface area contributed by atoms with Crippen LogP contribution in [0.3, 0.4) is 0 Å². The third-order valence-electron chi connectivity index (χ3n) is 5.18. The smallest absolute Gasteiger partial charge is 0.296 e. The maximum atomic E-state index is 12.5. The quantitative estimate of drug-likeness (QED) is 0.172. The molecule has 1 N–H and O–H groups in total. The lowest BCUT2D eigenvalue weighted by Gasteiger charge is -2.15. The molecule has 1 heterocycles. The summed E-state index contributed by atoms with van der Waals surface area (Å²) >= 11 is 6.20. The van der Waals surface area contributed by atoms with E-state index in [4.69, 9.17) is 21.1 Å². The van der Waals surface area contributed by atoms with Crippen LogP contribution in [-0.2, 0) is 11.4 Å². The molecule has 1 aromatic heterocycles. The first-order valence-corrected chi connectivity index (χ1v) is 11.8. The molecule has 0 unspecified atom stereocenters. The van der Waals surface area contributed by atoms with Crippen molar-refractivity contribution in [3.05, 3.63) is 83.1 Å². The van der Waals surface area contributed by atoms with Gasteiger partial charge in [0.05, 0.1) is 12.3 Å². The van der Waals surface area contributed by atoms with Crippen molar-refractivity contribution in [1.82, 2.24) is 4.98 Å². The number of pyridine rings is 1. The first-order chi connectivity index (χ1) is 16.6. The van der Waals surface area contributed by atoms with Gasteiger partial charge in [-0.15, -0.1) is 0 Å². The molecule has 0 bridgehead atoms. The van der Waals surface area contributed by atoms with Crippen LogP contribution in [0.15, 0.2) is 67.0 Å². The fraction of sp³-hybridized carbons (Fsp3) is 0.296. The average molecular weight is 481 g/mol. The van der Waals surface area contributed by atoms with E-state index in [1.165, 1.54) is 31.7 Å². The molecule has 0 fully saturated rings. The lowest BCUT2D eigenvalue weighted by Crippen LogP contribution is -2.23. The summed E-state index contributed by atoms with van der Waals surface area (Å²) < 4.78 is 12.0. The summed E-state index contributed by atoms with van der Waals surface area (Å²) in [5.74, 6) is -0.292. The molecule has 0 radical (unpaired) electrons. The maximum absolute atomic E-state index is 12.5. The summed E-state index contributed by atoms with van der Waals surface area (Å²) in [5.41, 5.74) is 1.41. The van der Waals surface area contributed by atoms with Crippen molar-refractivity contribution in [2.75, 3.05) is 11.9 Å². The second-order valence-corrected chi connectivity index (χ2v) is 8.26. The Morgan fingerprint density at radius 2 is 1.76 bits per heavy atom. The number of anilines is 1. The van der Waals surface area contributed by atoms with Crippen LogP contribution in [0.25, 0.3) is 0 Å². The number of nitrogens with zero attached hydrogens (tertiary/aromatic N) is 1. The molecule has 0 atom stereocenters. The fourth-order valence-electron chi connectivity index (χ4n) is 3.35. The number of para-hydroxylation sites is 2. The Kier molecular flexibility index (Phi) is 9.92. The van der Waals surface area contributed by atoms with Crippen LogP contribution in [0.5, 0.6) is 11.5 Å². The molecule has 6 nitrogen and oxygen atoms in total. The van der Waals surface area contributed by atoms with Gasteiger partial charge in [-0.3, -0.25) is 14.6 Å². The summed E-state index contributed by atoms with van der Waals surface area (Å²) in [4.78, 5) is 28.7. The predicted octanol–water partition coefficient (Wildman–Crippen LogP) is 6.48. The number of amides is 1. The zero-order valence-corrected chi connectivity index (χ0v) is 20.0. The lowest BCUT2D eigenvalue weighted by atomic mass is 10.1. The molecule has 1 amide bonds. The summed E-state index contributed by atoms with van der Waals surface area (Å²) in [6, 6.07) is 15.5. The highest BCUT2D eigenvalue weighted by Crippen LogP contribution is 2.28. The Bertz CT molecular complexity index is 1090. The number of ether oxygens (including phenoxy) is 2. The summed E-state index contributed by atoms with van der Waals surface area (Å²) in [6.07, 6.45) is 8.68. The number of aromatic nitrogens is 1. The second kappa shape index (κ2) is 13.4. The highest BCUT2D eigenvalue weighted by Gasteiger charge is 2.18. The third-order valence-corrected chi connectivity index (χ3v) is 5.41. The van der Waals surface area contributed by atoms with Crippen molar-refractivity contribution >= 4 is 29.0 Å². The van der Waals surface area contributed by atoms with Crippen molar-refractivity contribution in [3.63, 3.8) is 0 Å². The molecule has 3 rings (SSSR count). The topological polar surface area (TPSA) is 77.5 Å². The second-order valence-electron chi connectivity index (χ2n) is 7.82. The van der Waals surface area contributed by atoms with Crippen LogP contribution < -0.4 is 14.8 Å². The van der Waals surface area contributed by atoms with Crippen LogP contribution in [0.1, 0.15) is 54.9 Å². The highest BCUT2D eigenvalue weighted by molar-refractivity contribution is 6.46. The molecule has 0 aliphatic heterocycles. The molecule has 0 saturated carbocycles. The lowest BCUT2D eigenvalue weighted by molar-refractivity contribution is -0.112. The number of carbonyl (C=O) groups excluding carboxylic acids is 2. The molecular formula is C27H29ClN2O4. The number of Topliss-reactive ketones (excluding diaryl/α,β-unsaturated/α-hetero) is 1. The Morgan fingerprint density at radius 1 is 0.941 bits per heavy atom. The van der Waals surface area contributed by atoms with Gasteiger partial charge in [0.15, 0.2) is 0 Å². The summed E-state index contributed by atoms with van der Waals surface area (Å²) in [7, 11) is 0. The Balaban J connectivity index is 1.63. The van der Waals surface area contributed by atoms with Crippen molar-refractivity contribution in [3.8, 4) is 11.5 Å². The molecule has 0 aliphatic rings. The summed E-state index contributed by atoms with van der Waals surface area (Å²) in [5, 5.41) is 3.21. The average Bonchev–Trinajstić information content (AvgIpc) is 2.86. The largest absolute Gasteiger partial charge is 0.493 e. The first kappa shape index (κ1) is 25.2. The standard InChI is InChI=1S/C27H29ClN2O4/c1-2-3-4-5-8-16-33-24-14-13-22(28)17-21(24)19-34-25-12-7-6-11-23(25)30-27(32)26(31)20-10-9-15-29-18-20/h6-7,9-15,17-18H,2-5,8,16,19H2,1H3,(H,30,32). The van der Waals surface area contributed by atoms with Crippen LogP contribution in [0, 0.1) is 0 Å². The van der Waals surface area contributed by atoms with Crippen LogP contribution in [-0.4, -0.2) is 23.3 Å². The monoisotopic (exact) mass is 480 g/mol. The van der Waals surface area contributed by atoms with E-state index in [0.29, 0.717) is 28.8 Å². The van der Waals surface area contributed by atoms with E-state index in [9.17, 15) is 9.59 Å². The number of halogens is 1. The predicted molar refractivity (Wildman–Crippen MR) is 134 cm³/mol. The van der Waals surface area contributed by atoms with Gasteiger partial charge in [-0.25, -0.2) is 0 Å². The number of carbonyl (C=O) groups is 2. The van der Waals surface area contributed by atoms with Gasteiger partial charge in [0.1, 0.15) is 18.1 Å². The number of benzene rings is 2. The van der Waals surface area contributed by atoms with E-state index in [-0.39, 0.29) is 12.2 Å². The molecule has 178 valence electrons. The molecule has 2 aromatic carbocycles. The Hall–Kier alpha value is -3.38. The van der Waals surface area contributed by atoms with Gasteiger partial charge in [-0.1, -0.05) is 56.3 Å². The number of rotatable bonds is 13. The number of unbranched alkanes of at least 4 members (excludes halogenated alkanes) is 4. The number of hydrogen-bond donors (Lipinski definition) is 1. The normalized spacial score (nSPS) is 10.5. The van der Waals surface area contributed by atoms with Crippen LogP contribution in [0.2, 0.25) is 5.02 Å². The maximum Gasteiger partial charge on any atom is 0.296 e. The number of ketones is 1. The van der Waals surface area contributed by atoms with E-state index in [2.05, 4.69) is 17.2 Å². The minimum atomic E-state index is -0.765. The van der Waals surface area contributed by atoms with E-state index >= 15 is 0 Å². The van der Waals surface area contributed by atoms with Gasteiger partial charge in [0, 0.05) is 28.5 Å². The minimum Gasteiger partial charge on any atom is -0.493 e. The van der Waals surface area contributed by atoms with Crippen molar-refractivity contribution < 1.29 is 19.1 Å². The Labute approximate surface area is 205 Å².